The molecular weight excluding hydrogens is 328 g/mol. The Balaban J connectivity index is 1.85. The third-order valence-corrected chi connectivity index (χ3v) is 4.35. The molecule has 0 saturated carbocycles. The predicted octanol–water partition coefficient (Wildman–Crippen LogP) is 2.71. The molecule has 2 rings (SSSR count). The van der Waals surface area contributed by atoms with Gasteiger partial charge in [0.25, 0.3) is 0 Å². The Morgan fingerprint density at radius 2 is 1.77 bits per heavy atom. The molecule has 0 aliphatic carbocycles. The van der Waals surface area contributed by atoms with Crippen LogP contribution in [0, 0.1) is 6.92 Å². The van der Waals surface area contributed by atoms with E-state index in [4.69, 9.17) is 4.74 Å². The summed E-state index contributed by atoms with van der Waals surface area (Å²) >= 11 is 0. The Bertz CT molecular complexity index is 741. The van der Waals surface area contributed by atoms with Crippen LogP contribution in [0.25, 0.3) is 0 Å². The van der Waals surface area contributed by atoms with Gasteiger partial charge in [-0.3, -0.25) is 9.59 Å². The minimum atomic E-state index is -0.154. The van der Waals surface area contributed by atoms with Crippen molar-refractivity contribution in [2.45, 2.75) is 26.8 Å². The molecular formula is C21H26N2O3. The number of nitrogens with zero attached hydrogens (tertiary/aromatic N) is 1. The molecule has 5 heteroatoms. The summed E-state index contributed by atoms with van der Waals surface area (Å²) in [7, 11) is 1.63. The molecule has 2 aromatic carbocycles. The van der Waals surface area contributed by atoms with E-state index in [0.717, 1.165) is 22.4 Å². The molecule has 26 heavy (non-hydrogen) atoms. The molecule has 0 aliphatic heterocycles. The molecule has 2 amide bonds. The number of nitrogens with one attached hydrogen (secondary N) is 1. The van der Waals surface area contributed by atoms with Crippen molar-refractivity contribution < 1.29 is 14.3 Å². The second-order valence-electron chi connectivity index (χ2n) is 6.24. The van der Waals surface area contributed by atoms with Crippen molar-refractivity contribution in [1.82, 2.24) is 10.2 Å². The van der Waals surface area contributed by atoms with E-state index in [2.05, 4.69) is 5.32 Å². The zero-order chi connectivity index (χ0) is 18.9. The lowest BCUT2D eigenvalue weighted by Gasteiger charge is -2.21. The molecule has 0 fully saturated rings. The second-order valence-corrected chi connectivity index (χ2v) is 6.24. The number of carbonyl (C=O) groups excluding carboxylic acids is 2. The maximum atomic E-state index is 12.2. The first-order valence-electron chi connectivity index (χ1n) is 8.69. The predicted molar refractivity (Wildman–Crippen MR) is 102 cm³/mol. The van der Waals surface area contributed by atoms with Gasteiger partial charge in [0.1, 0.15) is 5.75 Å². The molecule has 0 aliphatic rings. The fourth-order valence-electron chi connectivity index (χ4n) is 2.64. The first-order valence-corrected chi connectivity index (χ1v) is 8.69. The highest BCUT2D eigenvalue weighted by molar-refractivity contribution is 5.83. The third-order valence-electron chi connectivity index (χ3n) is 4.35. The summed E-state index contributed by atoms with van der Waals surface area (Å²) in [5, 5.41) is 2.89. The zero-order valence-corrected chi connectivity index (χ0v) is 15.6. The number of amides is 2. The van der Waals surface area contributed by atoms with Crippen LogP contribution in [0.15, 0.2) is 48.5 Å². The number of rotatable bonds is 8. The SMILES string of the molecule is COc1ccc(CCN(CC(=O)NCc2ccccc2C)C(C)=O)cc1. The van der Waals surface area contributed by atoms with Crippen molar-refractivity contribution >= 4 is 11.8 Å². The topological polar surface area (TPSA) is 58.6 Å². The van der Waals surface area contributed by atoms with Gasteiger partial charge in [0.05, 0.1) is 13.7 Å². The third kappa shape index (κ3) is 5.92. The van der Waals surface area contributed by atoms with E-state index in [1.165, 1.54) is 6.92 Å². The molecule has 0 saturated heterocycles. The molecule has 5 nitrogen and oxygen atoms in total. The van der Waals surface area contributed by atoms with E-state index >= 15 is 0 Å². The fourth-order valence-corrected chi connectivity index (χ4v) is 2.64. The summed E-state index contributed by atoms with van der Waals surface area (Å²) in [4.78, 5) is 25.6. The highest BCUT2D eigenvalue weighted by Gasteiger charge is 2.13. The van der Waals surface area contributed by atoms with Gasteiger partial charge in [-0.1, -0.05) is 36.4 Å². The standard InChI is InChI=1S/C21H26N2O3/c1-16-6-4-5-7-19(16)14-22-21(25)15-23(17(2)24)13-12-18-8-10-20(26-3)11-9-18/h4-11H,12-15H2,1-3H3,(H,22,25). The van der Waals surface area contributed by atoms with Crippen LogP contribution in [-0.2, 0) is 22.6 Å². The maximum absolute atomic E-state index is 12.2. The minimum Gasteiger partial charge on any atom is -0.497 e. The summed E-state index contributed by atoms with van der Waals surface area (Å²) < 4.78 is 5.14. The van der Waals surface area contributed by atoms with E-state index in [0.29, 0.717) is 19.5 Å². The Hall–Kier alpha value is -2.82. The molecule has 2 aromatic rings. The molecule has 138 valence electrons. The maximum Gasteiger partial charge on any atom is 0.239 e. The average Bonchev–Trinajstić information content (AvgIpc) is 2.64. The molecule has 0 spiro atoms. The van der Waals surface area contributed by atoms with Crippen molar-refractivity contribution in [2.75, 3.05) is 20.2 Å². The van der Waals surface area contributed by atoms with Gasteiger partial charge in [0, 0.05) is 20.0 Å². The number of aryl methyl sites for hydroxylation is 1. The average molecular weight is 354 g/mol. The van der Waals surface area contributed by atoms with Crippen LogP contribution in [-0.4, -0.2) is 36.9 Å². The van der Waals surface area contributed by atoms with Crippen molar-refractivity contribution in [3.63, 3.8) is 0 Å². The van der Waals surface area contributed by atoms with Crippen molar-refractivity contribution in [3.05, 3.63) is 65.2 Å². The van der Waals surface area contributed by atoms with Gasteiger partial charge in [-0.05, 0) is 42.2 Å². The lowest BCUT2D eigenvalue weighted by atomic mass is 10.1. The van der Waals surface area contributed by atoms with Crippen LogP contribution < -0.4 is 10.1 Å². The van der Waals surface area contributed by atoms with Crippen LogP contribution in [0.2, 0.25) is 0 Å². The quantitative estimate of drug-likeness (QED) is 0.793. The van der Waals surface area contributed by atoms with E-state index in [-0.39, 0.29) is 18.4 Å². The van der Waals surface area contributed by atoms with E-state index < -0.39 is 0 Å². The molecule has 0 atom stereocenters. The summed E-state index contributed by atoms with van der Waals surface area (Å²) in [6, 6.07) is 15.6. The number of hydrogen-bond donors (Lipinski definition) is 1. The van der Waals surface area contributed by atoms with Crippen molar-refractivity contribution in [3.8, 4) is 5.75 Å². The number of benzene rings is 2. The number of methoxy groups -OCH3 is 1. The molecule has 0 aromatic heterocycles. The highest BCUT2D eigenvalue weighted by atomic mass is 16.5. The number of carbonyl (C=O) groups is 2. The number of hydrogen-bond acceptors (Lipinski definition) is 3. The van der Waals surface area contributed by atoms with Gasteiger partial charge >= 0.3 is 0 Å². The summed E-state index contributed by atoms with van der Waals surface area (Å²) in [6.45, 7) is 4.54. The molecule has 0 radical (unpaired) electrons. The first kappa shape index (κ1) is 19.5. The monoisotopic (exact) mass is 354 g/mol. The minimum absolute atomic E-state index is 0.0668. The second kappa shape index (κ2) is 9.61. The van der Waals surface area contributed by atoms with Crippen molar-refractivity contribution in [1.29, 1.82) is 0 Å². The van der Waals surface area contributed by atoms with Gasteiger partial charge < -0.3 is 15.0 Å². The molecule has 0 heterocycles. The Kier molecular flexibility index (Phi) is 7.21. The summed E-state index contributed by atoms with van der Waals surface area (Å²) in [6.07, 6.45) is 0.689. The van der Waals surface area contributed by atoms with Gasteiger partial charge in [0.15, 0.2) is 0 Å². The van der Waals surface area contributed by atoms with E-state index in [1.807, 2.05) is 55.5 Å². The van der Waals surface area contributed by atoms with Crippen LogP contribution in [0.1, 0.15) is 23.6 Å². The Morgan fingerprint density at radius 3 is 2.38 bits per heavy atom. The summed E-state index contributed by atoms with van der Waals surface area (Å²) in [5.41, 5.74) is 3.31. The normalized spacial score (nSPS) is 10.3. The summed E-state index contributed by atoms with van der Waals surface area (Å²) in [5.74, 6) is 0.537. The largest absolute Gasteiger partial charge is 0.497 e. The molecule has 0 unspecified atom stereocenters. The first-order chi connectivity index (χ1) is 12.5. The van der Waals surface area contributed by atoms with Crippen molar-refractivity contribution in [2.24, 2.45) is 0 Å². The van der Waals surface area contributed by atoms with Crippen LogP contribution in [0.4, 0.5) is 0 Å². The lowest BCUT2D eigenvalue weighted by molar-refractivity contribution is -0.134. The Labute approximate surface area is 155 Å². The highest BCUT2D eigenvalue weighted by Crippen LogP contribution is 2.12. The van der Waals surface area contributed by atoms with E-state index in [9.17, 15) is 9.59 Å². The van der Waals surface area contributed by atoms with Crippen LogP contribution in [0.3, 0.4) is 0 Å². The van der Waals surface area contributed by atoms with Gasteiger partial charge in [-0.15, -0.1) is 0 Å². The molecule has 1 N–H and O–H groups in total. The van der Waals surface area contributed by atoms with E-state index in [1.54, 1.807) is 12.0 Å². The van der Waals surface area contributed by atoms with Gasteiger partial charge in [-0.25, -0.2) is 0 Å². The molecule has 0 bridgehead atoms. The fraction of sp³-hybridized carbons (Fsp3) is 0.333. The van der Waals surface area contributed by atoms with Crippen LogP contribution in [0.5, 0.6) is 5.75 Å². The van der Waals surface area contributed by atoms with Crippen LogP contribution >= 0.6 is 0 Å². The van der Waals surface area contributed by atoms with Gasteiger partial charge in [-0.2, -0.15) is 0 Å². The lowest BCUT2D eigenvalue weighted by Crippen LogP contribution is -2.40. The number of ether oxygens (including phenoxy) is 1. The zero-order valence-electron chi connectivity index (χ0n) is 15.6. The van der Waals surface area contributed by atoms with Gasteiger partial charge in [0.2, 0.25) is 11.8 Å². The smallest absolute Gasteiger partial charge is 0.239 e. The Morgan fingerprint density at radius 1 is 1.08 bits per heavy atom.